The molecule has 114 valence electrons. The van der Waals surface area contributed by atoms with Crippen molar-refractivity contribution in [1.29, 1.82) is 0 Å². The van der Waals surface area contributed by atoms with Crippen molar-refractivity contribution in [2.24, 2.45) is 0 Å². The second kappa shape index (κ2) is 7.22. The van der Waals surface area contributed by atoms with Crippen LogP contribution in [0, 0.1) is 0 Å². The molecule has 0 aromatic heterocycles. The number of hydrogen-bond donors (Lipinski definition) is 1. The first-order valence-corrected chi connectivity index (χ1v) is 7.33. The van der Waals surface area contributed by atoms with Gasteiger partial charge in [-0.3, -0.25) is 9.69 Å². The second-order valence-electron chi connectivity index (χ2n) is 5.32. The van der Waals surface area contributed by atoms with Crippen LogP contribution >= 0.6 is 0 Å². The smallest absolute Gasteiger partial charge is 0.328 e. The molecule has 1 aliphatic carbocycles. The molecule has 1 N–H and O–H groups in total. The predicted octanol–water partition coefficient (Wildman–Crippen LogP) is 1.50. The zero-order valence-corrected chi connectivity index (χ0v) is 12.5. The third-order valence-electron chi connectivity index (χ3n) is 3.40. The summed E-state index contributed by atoms with van der Waals surface area (Å²) in [6, 6.07) is 9.15. The number of esters is 1. The lowest BCUT2D eigenvalue weighted by molar-refractivity contribution is -0.149. The fourth-order valence-electron chi connectivity index (χ4n) is 2.25. The number of amides is 1. The van der Waals surface area contributed by atoms with Crippen molar-refractivity contribution >= 4 is 11.9 Å². The van der Waals surface area contributed by atoms with Crippen LogP contribution in [0.2, 0.25) is 0 Å². The number of benzene rings is 1. The SMILES string of the molecule is CCOC(=O)C(c1ccccc1)N(C)CC(=O)NC1CC1. The molecule has 0 spiro atoms. The van der Waals surface area contributed by atoms with Crippen molar-refractivity contribution in [3.63, 3.8) is 0 Å². The molecule has 5 heteroatoms. The Hall–Kier alpha value is -1.88. The van der Waals surface area contributed by atoms with Crippen molar-refractivity contribution in [1.82, 2.24) is 10.2 Å². The average Bonchev–Trinajstić information content (AvgIpc) is 3.24. The summed E-state index contributed by atoms with van der Waals surface area (Å²) in [7, 11) is 1.76. The Morgan fingerprint density at radius 3 is 2.57 bits per heavy atom. The highest BCUT2D eigenvalue weighted by molar-refractivity contribution is 5.81. The van der Waals surface area contributed by atoms with E-state index in [-0.39, 0.29) is 18.4 Å². The molecule has 2 rings (SSSR count). The highest BCUT2D eigenvalue weighted by Crippen LogP contribution is 2.22. The van der Waals surface area contributed by atoms with Gasteiger partial charge in [-0.2, -0.15) is 0 Å². The summed E-state index contributed by atoms with van der Waals surface area (Å²) >= 11 is 0. The van der Waals surface area contributed by atoms with Crippen LogP contribution < -0.4 is 5.32 Å². The molecule has 1 aromatic carbocycles. The van der Waals surface area contributed by atoms with Gasteiger partial charge in [0.15, 0.2) is 0 Å². The van der Waals surface area contributed by atoms with Gasteiger partial charge in [0.25, 0.3) is 0 Å². The van der Waals surface area contributed by atoms with Crippen LogP contribution in [0.1, 0.15) is 31.4 Å². The van der Waals surface area contributed by atoms with Crippen LogP contribution in [0.4, 0.5) is 0 Å². The minimum Gasteiger partial charge on any atom is -0.465 e. The molecule has 0 aliphatic heterocycles. The van der Waals surface area contributed by atoms with Crippen molar-refractivity contribution in [3.05, 3.63) is 35.9 Å². The molecule has 1 atom stereocenters. The van der Waals surface area contributed by atoms with E-state index in [1.54, 1.807) is 18.9 Å². The minimum absolute atomic E-state index is 0.0507. The van der Waals surface area contributed by atoms with Gasteiger partial charge in [-0.15, -0.1) is 0 Å². The van der Waals surface area contributed by atoms with Crippen LogP contribution in [-0.2, 0) is 14.3 Å². The van der Waals surface area contributed by atoms with E-state index in [9.17, 15) is 9.59 Å². The maximum atomic E-state index is 12.2. The number of nitrogens with one attached hydrogen (secondary N) is 1. The minimum atomic E-state index is -0.559. The first-order valence-electron chi connectivity index (χ1n) is 7.33. The number of ether oxygens (including phenoxy) is 1. The monoisotopic (exact) mass is 290 g/mol. The molecular formula is C16H22N2O3. The van der Waals surface area contributed by atoms with Gasteiger partial charge in [-0.05, 0) is 32.4 Å². The molecule has 0 bridgehead atoms. The van der Waals surface area contributed by atoms with E-state index < -0.39 is 6.04 Å². The number of carbonyl (C=O) groups excluding carboxylic acids is 2. The van der Waals surface area contributed by atoms with Gasteiger partial charge in [0, 0.05) is 6.04 Å². The van der Waals surface area contributed by atoms with Crippen molar-refractivity contribution < 1.29 is 14.3 Å². The van der Waals surface area contributed by atoms with Gasteiger partial charge in [0.1, 0.15) is 6.04 Å². The van der Waals surface area contributed by atoms with Crippen LogP contribution in [-0.4, -0.2) is 43.0 Å². The van der Waals surface area contributed by atoms with Crippen molar-refractivity contribution in [3.8, 4) is 0 Å². The highest BCUT2D eigenvalue weighted by atomic mass is 16.5. The summed E-state index contributed by atoms with van der Waals surface area (Å²) < 4.78 is 5.14. The zero-order chi connectivity index (χ0) is 15.2. The molecule has 1 saturated carbocycles. The van der Waals surface area contributed by atoms with E-state index in [0.29, 0.717) is 12.6 Å². The van der Waals surface area contributed by atoms with Crippen LogP contribution in [0.25, 0.3) is 0 Å². The van der Waals surface area contributed by atoms with Gasteiger partial charge in [-0.1, -0.05) is 30.3 Å². The average molecular weight is 290 g/mol. The Morgan fingerprint density at radius 2 is 2.00 bits per heavy atom. The molecule has 1 unspecified atom stereocenters. The summed E-state index contributed by atoms with van der Waals surface area (Å²) in [5.74, 6) is -0.379. The third-order valence-corrected chi connectivity index (χ3v) is 3.40. The summed E-state index contributed by atoms with van der Waals surface area (Å²) in [5, 5.41) is 2.93. The Labute approximate surface area is 125 Å². The molecule has 21 heavy (non-hydrogen) atoms. The fourth-order valence-corrected chi connectivity index (χ4v) is 2.25. The largest absolute Gasteiger partial charge is 0.465 e. The molecule has 1 aliphatic rings. The van der Waals surface area contributed by atoms with E-state index in [0.717, 1.165) is 18.4 Å². The highest BCUT2D eigenvalue weighted by Gasteiger charge is 2.29. The predicted molar refractivity (Wildman–Crippen MR) is 79.6 cm³/mol. The lowest BCUT2D eigenvalue weighted by Gasteiger charge is -2.26. The van der Waals surface area contributed by atoms with Crippen molar-refractivity contribution in [2.45, 2.75) is 31.8 Å². The lowest BCUT2D eigenvalue weighted by Crippen LogP contribution is -2.40. The van der Waals surface area contributed by atoms with Crippen LogP contribution in [0.3, 0.4) is 0 Å². The Kier molecular flexibility index (Phi) is 5.33. The number of hydrogen-bond acceptors (Lipinski definition) is 4. The zero-order valence-electron chi connectivity index (χ0n) is 12.5. The fraction of sp³-hybridized carbons (Fsp3) is 0.500. The number of rotatable bonds is 7. The third kappa shape index (κ3) is 4.56. The van der Waals surface area contributed by atoms with E-state index in [1.165, 1.54) is 0 Å². The van der Waals surface area contributed by atoms with E-state index in [1.807, 2.05) is 30.3 Å². The van der Waals surface area contributed by atoms with Crippen molar-refractivity contribution in [2.75, 3.05) is 20.2 Å². The molecular weight excluding hydrogens is 268 g/mol. The molecule has 0 radical (unpaired) electrons. The number of likely N-dealkylation sites (N-methyl/N-ethyl adjacent to an activating group) is 1. The molecule has 0 saturated heterocycles. The summed E-state index contributed by atoms with van der Waals surface area (Å²) in [6.07, 6.45) is 2.10. The Balaban J connectivity index is 2.06. The maximum absolute atomic E-state index is 12.2. The van der Waals surface area contributed by atoms with Gasteiger partial charge in [-0.25, -0.2) is 4.79 Å². The van der Waals surface area contributed by atoms with Crippen LogP contribution in [0.5, 0.6) is 0 Å². The normalized spacial score (nSPS) is 15.6. The Morgan fingerprint density at radius 1 is 1.33 bits per heavy atom. The van der Waals surface area contributed by atoms with Gasteiger partial charge < -0.3 is 10.1 Å². The van der Waals surface area contributed by atoms with Gasteiger partial charge in [0.2, 0.25) is 5.91 Å². The van der Waals surface area contributed by atoms with Crippen LogP contribution in [0.15, 0.2) is 30.3 Å². The standard InChI is InChI=1S/C16H22N2O3/c1-3-21-16(20)15(12-7-5-4-6-8-12)18(2)11-14(19)17-13-9-10-13/h4-8,13,15H,3,9-11H2,1-2H3,(H,17,19). The van der Waals surface area contributed by atoms with E-state index in [4.69, 9.17) is 4.74 Å². The van der Waals surface area contributed by atoms with Gasteiger partial charge >= 0.3 is 5.97 Å². The van der Waals surface area contributed by atoms with E-state index >= 15 is 0 Å². The second-order valence-corrected chi connectivity index (χ2v) is 5.32. The summed E-state index contributed by atoms with van der Waals surface area (Å²) in [6.45, 7) is 2.28. The number of carbonyl (C=O) groups is 2. The molecule has 1 aromatic rings. The quantitative estimate of drug-likeness (QED) is 0.773. The summed E-state index contributed by atoms with van der Waals surface area (Å²) in [4.78, 5) is 25.8. The molecule has 0 heterocycles. The first-order chi connectivity index (χ1) is 10.1. The van der Waals surface area contributed by atoms with Gasteiger partial charge in [0.05, 0.1) is 13.2 Å². The summed E-state index contributed by atoms with van der Waals surface area (Å²) in [5.41, 5.74) is 0.831. The maximum Gasteiger partial charge on any atom is 0.328 e. The number of nitrogens with zero attached hydrogens (tertiary/aromatic N) is 1. The molecule has 1 amide bonds. The van der Waals surface area contributed by atoms with E-state index in [2.05, 4.69) is 5.32 Å². The lowest BCUT2D eigenvalue weighted by atomic mass is 10.1. The first kappa shape index (κ1) is 15.5. The molecule has 5 nitrogen and oxygen atoms in total. The molecule has 1 fully saturated rings. The topological polar surface area (TPSA) is 58.6 Å². The Bertz CT molecular complexity index is 486.